The van der Waals surface area contributed by atoms with Gasteiger partial charge < -0.3 is 5.32 Å². The van der Waals surface area contributed by atoms with Crippen LogP contribution in [0.5, 0.6) is 0 Å². The molecule has 1 aromatic rings. The quantitative estimate of drug-likeness (QED) is 0.816. The van der Waals surface area contributed by atoms with Crippen molar-refractivity contribution in [3.8, 4) is 0 Å². The van der Waals surface area contributed by atoms with Crippen molar-refractivity contribution in [1.82, 2.24) is 5.32 Å². The molecule has 0 spiro atoms. The van der Waals surface area contributed by atoms with Crippen molar-refractivity contribution < 1.29 is 4.79 Å². The maximum Gasteiger partial charge on any atom is 0.223 e. The Balaban J connectivity index is 2.67. The zero-order chi connectivity index (χ0) is 13.5. The van der Waals surface area contributed by atoms with Gasteiger partial charge in [-0.2, -0.15) is 0 Å². The highest BCUT2D eigenvalue weighted by Crippen LogP contribution is 2.20. The molecule has 0 fully saturated rings. The van der Waals surface area contributed by atoms with Crippen molar-refractivity contribution in [3.63, 3.8) is 0 Å². The second kappa shape index (κ2) is 7.42. The lowest BCUT2D eigenvalue weighted by Gasteiger charge is -2.20. The SMILES string of the molecule is CCCC(C)C(=O)NC(CC)c1ccc(Cl)cc1. The number of hydrogen-bond acceptors (Lipinski definition) is 1. The van der Waals surface area contributed by atoms with Crippen LogP contribution in [0, 0.1) is 5.92 Å². The molecule has 0 saturated carbocycles. The van der Waals surface area contributed by atoms with Crippen LogP contribution in [-0.2, 0) is 4.79 Å². The molecule has 0 radical (unpaired) electrons. The monoisotopic (exact) mass is 267 g/mol. The van der Waals surface area contributed by atoms with E-state index in [0.29, 0.717) is 0 Å². The first-order valence-electron chi connectivity index (χ1n) is 6.64. The van der Waals surface area contributed by atoms with E-state index in [1.165, 1.54) is 0 Å². The molecule has 0 aliphatic heterocycles. The number of nitrogens with one attached hydrogen (secondary N) is 1. The number of carbonyl (C=O) groups is 1. The molecule has 100 valence electrons. The van der Waals surface area contributed by atoms with E-state index in [2.05, 4.69) is 19.2 Å². The molecule has 18 heavy (non-hydrogen) atoms. The fourth-order valence-corrected chi connectivity index (χ4v) is 2.12. The summed E-state index contributed by atoms with van der Waals surface area (Å²) < 4.78 is 0. The topological polar surface area (TPSA) is 29.1 Å². The van der Waals surface area contributed by atoms with E-state index in [9.17, 15) is 4.79 Å². The van der Waals surface area contributed by atoms with Gasteiger partial charge in [-0.25, -0.2) is 0 Å². The lowest BCUT2D eigenvalue weighted by molar-refractivity contribution is -0.125. The van der Waals surface area contributed by atoms with Gasteiger partial charge in [0.25, 0.3) is 0 Å². The van der Waals surface area contributed by atoms with E-state index in [0.717, 1.165) is 29.8 Å². The van der Waals surface area contributed by atoms with Crippen LogP contribution in [0.2, 0.25) is 5.02 Å². The number of amides is 1. The first-order valence-corrected chi connectivity index (χ1v) is 7.02. The van der Waals surface area contributed by atoms with Crippen LogP contribution in [-0.4, -0.2) is 5.91 Å². The third-order valence-electron chi connectivity index (χ3n) is 3.17. The van der Waals surface area contributed by atoms with Crippen molar-refractivity contribution in [2.75, 3.05) is 0 Å². The van der Waals surface area contributed by atoms with Crippen LogP contribution >= 0.6 is 11.6 Å². The summed E-state index contributed by atoms with van der Waals surface area (Å²) in [6, 6.07) is 7.75. The standard InChI is InChI=1S/C15H22ClNO/c1-4-6-11(3)15(18)17-14(5-2)12-7-9-13(16)10-8-12/h7-11,14H,4-6H2,1-3H3,(H,17,18). The van der Waals surface area contributed by atoms with Crippen LogP contribution in [0.1, 0.15) is 51.6 Å². The summed E-state index contributed by atoms with van der Waals surface area (Å²) in [6.45, 7) is 6.15. The third kappa shape index (κ3) is 4.34. The highest BCUT2D eigenvalue weighted by Gasteiger charge is 2.17. The minimum absolute atomic E-state index is 0.0778. The predicted octanol–water partition coefficient (Wildman–Crippen LogP) is 4.34. The van der Waals surface area contributed by atoms with Crippen molar-refractivity contribution in [3.05, 3.63) is 34.9 Å². The predicted molar refractivity (Wildman–Crippen MR) is 76.7 cm³/mol. The summed E-state index contributed by atoms with van der Waals surface area (Å²) in [5.74, 6) is 0.218. The van der Waals surface area contributed by atoms with E-state index in [4.69, 9.17) is 11.6 Å². The minimum atomic E-state index is 0.0778. The summed E-state index contributed by atoms with van der Waals surface area (Å²) in [7, 11) is 0. The van der Waals surface area contributed by atoms with Crippen LogP contribution in [0.4, 0.5) is 0 Å². The maximum absolute atomic E-state index is 12.0. The van der Waals surface area contributed by atoms with Gasteiger partial charge in [0.2, 0.25) is 5.91 Å². The largest absolute Gasteiger partial charge is 0.349 e. The molecular formula is C15H22ClNO. The average Bonchev–Trinajstić information content (AvgIpc) is 2.37. The molecule has 0 bridgehead atoms. The van der Waals surface area contributed by atoms with Gasteiger partial charge in [-0.1, -0.05) is 50.9 Å². The van der Waals surface area contributed by atoms with Gasteiger partial charge in [0.15, 0.2) is 0 Å². The summed E-state index contributed by atoms with van der Waals surface area (Å²) in [5, 5.41) is 3.83. The van der Waals surface area contributed by atoms with E-state index < -0.39 is 0 Å². The first kappa shape index (κ1) is 15.0. The van der Waals surface area contributed by atoms with Crippen molar-refractivity contribution in [2.24, 2.45) is 5.92 Å². The Bertz CT molecular complexity index is 375. The van der Waals surface area contributed by atoms with Gasteiger partial charge in [0.1, 0.15) is 0 Å². The van der Waals surface area contributed by atoms with Gasteiger partial charge in [0.05, 0.1) is 6.04 Å². The van der Waals surface area contributed by atoms with E-state index >= 15 is 0 Å². The summed E-state index contributed by atoms with van der Waals surface area (Å²) in [6.07, 6.45) is 2.85. The zero-order valence-electron chi connectivity index (χ0n) is 11.4. The van der Waals surface area contributed by atoms with Crippen LogP contribution < -0.4 is 5.32 Å². The van der Waals surface area contributed by atoms with Crippen molar-refractivity contribution >= 4 is 17.5 Å². The van der Waals surface area contributed by atoms with Crippen molar-refractivity contribution in [1.29, 1.82) is 0 Å². The van der Waals surface area contributed by atoms with Crippen LogP contribution in [0.25, 0.3) is 0 Å². The smallest absolute Gasteiger partial charge is 0.223 e. The summed E-state index contributed by atoms with van der Waals surface area (Å²) in [4.78, 5) is 12.0. The molecule has 1 rings (SSSR count). The highest BCUT2D eigenvalue weighted by atomic mass is 35.5. The molecule has 0 heterocycles. The molecule has 1 aromatic carbocycles. The number of halogens is 1. The van der Waals surface area contributed by atoms with E-state index in [1.807, 2.05) is 31.2 Å². The molecule has 1 amide bonds. The number of rotatable bonds is 6. The zero-order valence-corrected chi connectivity index (χ0v) is 12.1. The third-order valence-corrected chi connectivity index (χ3v) is 3.42. The number of carbonyl (C=O) groups excluding carboxylic acids is 1. The molecule has 0 aliphatic rings. The second-order valence-electron chi connectivity index (χ2n) is 4.71. The Kier molecular flexibility index (Phi) is 6.20. The second-order valence-corrected chi connectivity index (χ2v) is 5.15. The Morgan fingerprint density at radius 2 is 1.89 bits per heavy atom. The first-order chi connectivity index (χ1) is 8.58. The van der Waals surface area contributed by atoms with E-state index in [-0.39, 0.29) is 17.9 Å². The van der Waals surface area contributed by atoms with Crippen LogP contribution in [0.3, 0.4) is 0 Å². The molecular weight excluding hydrogens is 246 g/mol. The fourth-order valence-electron chi connectivity index (χ4n) is 1.99. The maximum atomic E-state index is 12.0. The fraction of sp³-hybridized carbons (Fsp3) is 0.533. The molecule has 3 heteroatoms. The van der Waals surface area contributed by atoms with Crippen LogP contribution in [0.15, 0.2) is 24.3 Å². The molecule has 2 atom stereocenters. The Morgan fingerprint density at radius 3 is 2.39 bits per heavy atom. The van der Waals surface area contributed by atoms with E-state index in [1.54, 1.807) is 0 Å². The molecule has 1 N–H and O–H groups in total. The lowest BCUT2D eigenvalue weighted by atomic mass is 10.0. The molecule has 2 unspecified atom stereocenters. The lowest BCUT2D eigenvalue weighted by Crippen LogP contribution is -2.32. The Hall–Kier alpha value is -1.02. The average molecular weight is 268 g/mol. The molecule has 0 aliphatic carbocycles. The molecule has 2 nitrogen and oxygen atoms in total. The number of benzene rings is 1. The normalized spacial score (nSPS) is 14.0. The van der Waals surface area contributed by atoms with Gasteiger partial charge in [-0.15, -0.1) is 0 Å². The van der Waals surface area contributed by atoms with Crippen molar-refractivity contribution in [2.45, 2.75) is 46.1 Å². The molecule has 0 aromatic heterocycles. The molecule has 0 saturated heterocycles. The minimum Gasteiger partial charge on any atom is -0.349 e. The van der Waals surface area contributed by atoms with Gasteiger partial charge in [-0.05, 0) is 30.5 Å². The Morgan fingerprint density at radius 1 is 1.28 bits per heavy atom. The summed E-state index contributed by atoms with van der Waals surface area (Å²) >= 11 is 5.87. The van der Waals surface area contributed by atoms with Gasteiger partial charge in [-0.3, -0.25) is 4.79 Å². The number of hydrogen-bond donors (Lipinski definition) is 1. The summed E-state index contributed by atoms with van der Waals surface area (Å²) in [5.41, 5.74) is 1.11. The van der Waals surface area contributed by atoms with Gasteiger partial charge >= 0.3 is 0 Å². The highest BCUT2D eigenvalue weighted by molar-refractivity contribution is 6.30. The van der Waals surface area contributed by atoms with Gasteiger partial charge in [0, 0.05) is 10.9 Å². The Labute approximate surface area is 115 Å².